The molecule has 0 aliphatic rings. The third kappa shape index (κ3) is 3.45. The van der Waals surface area contributed by atoms with Gasteiger partial charge < -0.3 is 14.8 Å². The highest BCUT2D eigenvalue weighted by Gasteiger charge is 2.17. The molecule has 1 aromatic rings. The summed E-state index contributed by atoms with van der Waals surface area (Å²) in [5.41, 5.74) is 1.36. The van der Waals surface area contributed by atoms with Gasteiger partial charge in [0.05, 0.1) is 7.11 Å². The summed E-state index contributed by atoms with van der Waals surface area (Å²) in [5.74, 6) is 0.711. The molecule has 0 aliphatic carbocycles. The molecule has 0 bridgehead atoms. The Bertz CT molecular complexity index is 328. The average Bonchev–Trinajstić information content (AvgIpc) is 2.16. The number of rotatable bonds is 4. The third-order valence-electron chi connectivity index (χ3n) is 2.14. The molecule has 0 saturated carbocycles. The van der Waals surface area contributed by atoms with Gasteiger partial charge >= 0.3 is 7.12 Å². The van der Waals surface area contributed by atoms with Gasteiger partial charge in [-0.1, -0.05) is 13.0 Å². The quantitative estimate of drug-likeness (QED) is 0.509. The summed E-state index contributed by atoms with van der Waals surface area (Å²) in [6.45, 7) is 1.95. The fraction of sp³-hybridized carbons (Fsp3) is 0.400. The normalized spacial score (nSPS) is 12.3. The smallest absolute Gasteiger partial charge is 0.488 e. The van der Waals surface area contributed by atoms with Crippen LogP contribution in [-0.2, 0) is 6.42 Å². The first-order chi connectivity index (χ1) is 7.04. The van der Waals surface area contributed by atoms with Crippen molar-refractivity contribution in [3.8, 4) is 5.75 Å². The maximum Gasteiger partial charge on any atom is 0.488 e. The predicted molar refractivity (Wildman–Crippen MR) is 65.0 cm³/mol. The number of hydrogen-bond donors (Lipinski definition) is 3. The van der Waals surface area contributed by atoms with Crippen LogP contribution >= 0.6 is 12.6 Å². The highest BCUT2D eigenvalue weighted by Crippen LogP contribution is 2.14. The van der Waals surface area contributed by atoms with Crippen molar-refractivity contribution in [3.05, 3.63) is 23.8 Å². The number of benzene rings is 1. The molecule has 5 heteroatoms. The van der Waals surface area contributed by atoms with E-state index in [1.807, 2.05) is 13.0 Å². The highest BCUT2D eigenvalue weighted by atomic mass is 32.1. The van der Waals surface area contributed by atoms with E-state index in [1.165, 1.54) is 0 Å². The Morgan fingerprint density at radius 2 is 2.13 bits per heavy atom. The zero-order valence-corrected chi connectivity index (χ0v) is 9.74. The summed E-state index contributed by atoms with van der Waals surface area (Å²) < 4.78 is 5.08. The van der Waals surface area contributed by atoms with Crippen LogP contribution in [0.2, 0.25) is 0 Å². The van der Waals surface area contributed by atoms with Crippen molar-refractivity contribution >= 4 is 25.2 Å². The van der Waals surface area contributed by atoms with Crippen LogP contribution in [0.15, 0.2) is 18.2 Å². The van der Waals surface area contributed by atoms with Gasteiger partial charge in [0.25, 0.3) is 0 Å². The van der Waals surface area contributed by atoms with Gasteiger partial charge in [-0.15, -0.1) is 0 Å². The van der Waals surface area contributed by atoms with Crippen LogP contribution in [0.4, 0.5) is 0 Å². The summed E-state index contributed by atoms with van der Waals surface area (Å²) in [5, 5.41) is 18.5. The van der Waals surface area contributed by atoms with E-state index in [4.69, 9.17) is 4.74 Å². The van der Waals surface area contributed by atoms with Crippen molar-refractivity contribution in [2.75, 3.05) is 7.11 Å². The summed E-state index contributed by atoms with van der Waals surface area (Å²) >= 11 is 4.28. The van der Waals surface area contributed by atoms with Crippen LogP contribution in [-0.4, -0.2) is 29.5 Å². The topological polar surface area (TPSA) is 49.7 Å². The van der Waals surface area contributed by atoms with Gasteiger partial charge in [-0.05, 0) is 29.6 Å². The Morgan fingerprint density at radius 1 is 1.47 bits per heavy atom. The molecule has 0 aromatic heterocycles. The maximum absolute atomic E-state index is 9.17. The second-order valence-corrected chi connectivity index (χ2v) is 4.37. The molecule has 0 spiro atoms. The molecule has 0 aliphatic heterocycles. The molecular formula is C10H15BO3S. The molecule has 0 heterocycles. The van der Waals surface area contributed by atoms with Crippen molar-refractivity contribution in [1.29, 1.82) is 0 Å². The van der Waals surface area contributed by atoms with E-state index < -0.39 is 7.12 Å². The largest absolute Gasteiger partial charge is 0.497 e. The van der Waals surface area contributed by atoms with E-state index >= 15 is 0 Å². The molecular weight excluding hydrogens is 211 g/mol. The van der Waals surface area contributed by atoms with Crippen LogP contribution in [0.25, 0.3) is 0 Å². The lowest BCUT2D eigenvalue weighted by molar-refractivity contribution is 0.413. The van der Waals surface area contributed by atoms with Gasteiger partial charge in [-0.2, -0.15) is 12.6 Å². The van der Waals surface area contributed by atoms with Crippen molar-refractivity contribution in [3.63, 3.8) is 0 Å². The fourth-order valence-corrected chi connectivity index (χ4v) is 1.65. The van der Waals surface area contributed by atoms with E-state index in [0.717, 1.165) is 5.56 Å². The van der Waals surface area contributed by atoms with Crippen molar-refractivity contribution in [1.82, 2.24) is 0 Å². The van der Waals surface area contributed by atoms with Crippen LogP contribution in [0.3, 0.4) is 0 Å². The zero-order valence-electron chi connectivity index (χ0n) is 8.84. The van der Waals surface area contributed by atoms with Crippen molar-refractivity contribution in [2.24, 2.45) is 0 Å². The standard InChI is InChI=1S/C10H15BO3S/c1-7(15)5-8-6-9(14-2)3-4-10(8)11(12)13/h3-4,6-7,12-13,15H,5H2,1-2H3. The van der Waals surface area contributed by atoms with Crippen molar-refractivity contribution < 1.29 is 14.8 Å². The van der Waals surface area contributed by atoms with Crippen LogP contribution in [0, 0.1) is 0 Å². The molecule has 3 nitrogen and oxygen atoms in total. The minimum absolute atomic E-state index is 0.162. The molecule has 82 valence electrons. The molecule has 1 aromatic carbocycles. The monoisotopic (exact) mass is 226 g/mol. The molecule has 0 saturated heterocycles. The van der Waals surface area contributed by atoms with Crippen LogP contribution in [0.1, 0.15) is 12.5 Å². The molecule has 2 N–H and O–H groups in total. The third-order valence-corrected chi connectivity index (χ3v) is 2.33. The molecule has 1 unspecified atom stereocenters. The molecule has 15 heavy (non-hydrogen) atoms. The fourth-order valence-electron chi connectivity index (χ4n) is 1.46. The predicted octanol–water partition coefficient (Wildman–Crippen LogP) is 0.236. The van der Waals surface area contributed by atoms with E-state index in [-0.39, 0.29) is 5.25 Å². The second-order valence-electron chi connectivity index (χ2n) is 3.49. The van der Waals surface area contributed by atoms with Crippen molar-refractivity contribution in [2.45, 2.75) is 18.6 Å². The van der Waals surface area contributed by atoms with E-state index in [1.54, 1.807) is 19.2 Å². The molecule has 0 amide bonds. The summed E-state index contributed by atoms with van der Waals surface area (Å²) in [6.07, 6.45) is 0.674. The van der Waals surface area contributed by atoms with Gasteiger partial charge in [0.15, 0.2) is 0 Å². The number of thiol groups is 1. The Balaban J connectivity index is 3.05. The second kappa shape index (κ2) is 5.44. The zero-order chi connectivity index (χ0) is 11.4. The van der Waals surface area contributed by atoms with E-state index in [2.05, 4.69) is 12.6 Å². The molecule has 0 radical (unpaired) electrons. The van der Waals surface area contributed by atoms with Crippen LogP contribution in [0.5, 0.6) is 5.75 Å². The lowest BCUT2D eigenvalue weighted by atomic mass is 9.76. The first kappa shape index (κ1) is 12.4. The Kier molecular flexibility index (Phi) is 4.51. The minimum atomic E-state index is -1.45. The Hall–Kier alpha value is -0.645. The van der Waals surface area contributed by atoms with E-state index in [0.29, 0.717) is 17.6 Å². The maximum atomic E-state index is 9.17. The number of methoxy groups -OCH3 is 1. The van der Waals surface area contributed by atoms with Gasteiger partial charge in [0.1, 0.15) is 5.75 Å². The lowest BCUT2D eigenvalue weighted by Crippen LogP contribution is -2.33. The molecule has 0 fully saturated rings. The van der Waals surface area contributed by atoms with Gasteiger partial charge in [-0.3, -0.25) is 0 Å². The van der Waals surface area contributed by atoms with E-state index in [9.17, 15) is 10.0 Å². The van der Waals surface area contributed by atoms with Gasteiger partial charge in [-0.25, -0.2) is 0 Å². The van der Waals surface area contributed by atoms with Gasteiger partial charge in [0, 0.05) is 5.25 Å². The lowest BCUT2D eigenvalue weighted by Gasteiger charge is -2.12. The SMILES string of the molecule is COc1ccc(B(O)O)c(CC(C)S)c1. The molecule has 1 rings (SSSR count). The average molecular weight is 226 g/mol. The summed E-state index contributed by atoms with van der Waals surface area (Å²) in [4.78, 5) is 0. The summed E-state index contributed by atoms with van der Waals surface area (Å²) in [6, 6.07) is 5.18. The first-order valence-corrected chi connectivity index (χ1v) is 5.27. The first-order valence-electron chi connectivity index (χ1n) is 4.75. The Morgan fingerprint density at radius 3 is 2.60 bits per heavy atom. The van der Waals surface area contributed by atoms with Crippen LogP contribution < -0.4 is 10.2 Å². The minimum Gasteiger partial charge on any atom is -0.497 e. The highest BCUT2D eigenvalue weighted by molar-refractivity contribution is 7.80. The number of hydrogen-bond acceptors (Lipinski definition) is 4. The van der Waals surface area contributed by atoms with Gasteiger partial charge in [0.2, 0.25) is 0 Å². The summed E-state index contributed by atoms with van der Waals surface area (Å²) in [7, 11) is 0.135. The Labute approximate surface area is 95.6 Å². The number of ether oxygens (including phenoxy) is 1. The molecule has 1 atom stereocenters.